The molecule has 0 aliphatic carbocycles. The maximum atomic E-state index is 13.3. The molecule has 0 heterocycles. The Morgan fingerprint density at radius 3 is 1.84 bits per heavy atom. The fourth-order valence-corrected chi connectivity index (χ4v) is 5.84. The summed E-state index contributed by atoms with van der Waals surface area (Å²) in [5.41, 5.74) is 0.788. The maximum Gasteiger partial charge on any atom is 0.223 e. The van der Waals surface area contributed by atoms with Gasteiger partial charge in [-0.1, -0.05) is 30.3 Å². The summed E-state index contributed by atoms with van der Waals surface area (Å²) in [5.74, 6) is 0. The SMILES string of the molecule is CN(C)P(=O)(N(C)C)C(C)(C)C(O)c1ccccc1. The highest BCUT2D eigenvalue weighted by atomic mass is 31.2. The van der Waals surface area contributed by atoms with Gasteiger partial charge in [0.15, 0.2) is 0 Å². The lowest BCUT2D eigenvalue weighted by molar-refractivity contribution is 0.131. The molecule has 4 nitrogen and oxygen atoms in total. The van der Waals surface area contributed by atoms with Gasteiger partial charge in [-0.3, -0.25) is 4.57 Å². The fourth-order valence-electron chi connectivity index (χ4n) is 2.59. The third-order valence-corrected chi connectivity index (χ3v) is 7.53. The van der Waals surface area contributed by atoms with E-state index in [1.54, 1.807) is 37.5 Å². The molecule has 108 valence electrons. The van der Waals surface area contributed by atoms with Gasteiger partial charge in [-0.05, 0) is 47.6 Å². The Balaban J connectivity index is 3.26. The van der Waals surface area contributed by atoms with E-state index in [2.05, 4.69) is 0 Å². The van der Waals surface area contributed by atoms with Crippen LogP contribution in [0.2, 0.25) is 0 Å². The molecule has 5 heteroatoms. The molecule has 1 atom stereocenters. The van der Waals surface area contributed by atoms with Crippen molar-refractivity contribution in [3.63, 3.8) is 0 Å². The quantitative estimate of drug-likeness (QED) is 0.844. The smallest absolute Gasteiger partial charge is 0.223 e. The molecule has 1 aromatic rings. The van der Waals surface area contributed by atoms with Crippen molar-refractivity contribution >= 4 is 7.44 Å². The van der Waals surface area contributed by atoms with Crippen LogP contribution in [-0.2, 0) is 4.57 Å². The molecule has 1 N–H and O–H groups in total. The van der Waals surface area contributed by atoms with Crippen molar-refractivity contribution in [1.29, 1.82) is 0 Å². The van der Waals surface area contributed by atoms with Crippen molar-refractivity contribution in [2.45, 2.75) is 25.1 Å². The number of benzene rings is 1. The van der Waals surface area contributed by atoms with Crippen LogP contribution in [0.25, 0.3) is 0 Å². The molecule has 0 saturated carbocycles. The van der Waals surface area contributed by atoms with Gasteiger partial charge in [0.2, 0.25) is 7.44 Å². The first-order valence-corrected chi connectivity index (χ1v) is 7.95. The van der Waals surface area contributed by atoms with Crippen LogP contribution in [0.3, 0.4) is 0 Å². The van der Waals surface area contributed by atoms with Crippen molar-refractivity contribution in [1.82, 2.24) is 9.34 Å². The molecule has 0 aromatic heterocycles. The zero-order chi connectivity index (χ0) is 14.8. The average Bonchev–Trinajstić information content (AvgIpc) is 2.36. The minimum absolute atomic E-state index is 0.776. The second-order valence-corrected chi connectivity index (χ2v) is 9.55. The predicted octanol–water partition coefficient (Wildman–Crippen LogP) is 2.81. The van der Waals surface area contributed by atoms with Crippen LogP contribution in [0, 0.1) is 0 Å². The van der Waals surface area contributed by atoms with Gasteiger partial charge < -0.3 is 5.11 Å². The molecule has 0 aliphatic heterocycles. The lowest BCUT2D eigenvalue weighted by Crippen LogP contribution is -2.40. The van der Waals surface area contributed by atoms with E-state index in [0.29, 0.717) is 0 Å². The number of hydrogen-bond acceptors (Lipinski definition) is 2. The van der Waals surface area contributed by atoms with E-state index in [4.69, 9.17) is 0 Å². The van der Waals surface area contributed by atoms with Gasteiger partial charge >= 0.3 is 0 Å². The third-order valence-electron chi connectivity index (χ3n) is 3.62. The zero-order valence-corrected chi connectivity index (χ0v) is 13.6. The van der Waals surface area contributed by atoms with Crippen LogP contribution < -0.4 is 0 Å². The van der Waals surface area contributed by atoms with E-state index in [9.17, 15) is 9.67 Å². The Morgan fingerprint density at radius 1 is 1.05 bits per heavy atom. The molecule has 1 aromatic carbocycles. The standard InChI is InChI=1S/C14H25N2O2P/c1-14(2,19(18,15(3)4)16(5)6)13(17)12-10-8-7-9-11-12/h7-11,13,17H,1-6H3. The highest BCUT2D eigenvalue weighted by molar-refractivity contribution is 7.60. The lowest BCUT2D eigenvalue weighted by atomic mass is 9.98. The maximum absolute atomic E-state index is 13.3. The lowest BCUT2D eigenvalue weighted by Gasteiger charge is -2.44. The van der Waals surface area contributed by atoms with Crippen molar-refractivity contribution in [3.8, 4) is 0 Å². The number of aliphatic hydroxyl groups is 1. The van der Waals surface area contributed by atoms with Gasteiger partial charge in [-0.15, -0.1) is 0 Å². The molecule has 0 fully saturated rings. The second kappa shape index (κ2) is 5.76. The first-order chi connectivity index (χ1) is 8.65. The van der Waals surface area contributed by atoms with Crippen LogP contribution in [0.15, 0.2) is 30.3 Å². The van der Waals surface area contributed by atoms with Gasteiger partial charge in [-0.2, -0.15) is 0 Å². The van der Waals surface area contributed by atoms with Crippen LogP contribution >= 0.6 is 7.44 Å². The number of aliphatic hydroxyl groups excluding tert-OH is 1. The van der Waals surface area contributed by atoms with E-state index in [0.717, 1.165) is 5.56 Å². The molecule has 0 bridgehead atoms. The molecule has 1 rings (SSSR count). The summed E-state index contributed by atoms with van der Waals surface area (Å²) in [6.07, 6.45) is -0.788. The normalized spacial score (nSPS) is 15.0. The van der Waals surface area contributed by atoms with Gasteiger partial charge in [0, 0.05) is 0 Å². The van der Waals surface area contributed by atoms with Crippen molar-refractivity contribution in [2.24, 2.45) is 0 Å². The Hall–Kier alpha value is -0.670. The summed E-state index contributed by atoms with van der Waals surface area (Å²) in [6.45, 7) is 3.71. The number of rotatable bonds is 5. The fraction of sp³-hybridized carbons (Fsp3) is 0.571. The predicted molar refractivity (Wildman–Crippen MR) is 80.5 cm³/mol. The highest BCUT2D eigenvalue weighted by Crippen LogP contribution is 2.64. The van der Waals surface area contributed by atoms with Gasteiger partial charge in [0.05, 0.1) is 11.3 Å². The molecule has 0 saturated heterocycles. The van der Waals surface area contributed by atoms with Crippen LogP contribution in [0.4, 0.5) is 0 Å². The Labute approximate surface area is 116 Å². The largest absolute Gasteiger partial charge is 0.387 e. The van der Waals surface area contributed by atoms with E-state index >= 15 is 0 Å². The third kappa shape index (κ3) is 2.77. The number of hydrogen-bond donors (Lipinski definition) is 1. The summed E-state index contributed by atoms with van der Waals surface area (Å²) >= 11 is 0. The first kappa shape index (κ1) is 16.4. The second-order valence-electron chi connectivity index (χ2n) is 5.71. The highest BCUT2D eigenvalue weighted by Gasteiger charge is 2.49. The summed E-state index contributed by atoms with van der Waals surface area (Å²) in [4.78, 5) is 0. The van der Waals surface area contributed by atoms with Crippen LogP contribution in [0.1, 0.15) is 25.5 Å². The topological polar surface area (TPSA) is 43.8 Å². The zero-order valence-electron chi connectivity index (χ0n) is 12.7. The van der Waals surface area contributed by atoms with Crippen molar-refractivity contribution in [2.75, 3.05) is 28.2 Å². The first-order valence-electron chi connectivity index (χ1n) is 6.34. The molecule has 1 unspecified atom stereocenters. The molecular weight excluding hydrogens is 259 g/mol. The van der Waals surface area contributed by atoms with Crippen LogP contribution in [0.5, 0.6) is 0 Å². The van der Waals surface area contributed by atoms with E-state index < -0.39 is 18.7 Å². The minimum Gasteiger partial charge on any atom is -0.387 e. The monoisotopic (exact) mass is 284 g/mol. The van der Waals surface area contributed by atoms with Gasteiger partial charge in [0.1, 0.15) is 0 Å². The van der Waals surface area contributed by atoms with E-state index in [1.807, 2.05) is 44.2 Å². The molecule has 0 spiro atoms. The van der Waals surface area contributed by atoms with E-state index in [1.165, 1.54) is 0 Å². The van der Waals surface area contributed by atoms with Crippen molar-refractivity contribution < 1.29 is 9.67 Å². The Kier molecular flexibility index (Phi) is 4.97. The molecule has 19 heavy (non-hydrogen) atoms. The molecule has 0 aliphatic rings. The van der Waals surface area contributed by atoms with Crippen molar-refractivity contribution in [3.05, 3.63) is 35.9 Å². The summed E-state index contributed by atoms with van der Waals surface area (Å²) in [7, 11) is 4.30. The summed E-state index contributed by atoms with van der Waals surface area (Å²) < 4.78 is 16.8. The summed E-state index contributed by atoms with van der Waals surface area (Å²) in [5, 5.41) is 9.88. The van der Waals surface area contributed by atoms with E-state index in [-0.39, 0.29) is 0 Å². The van der Waals surface area contributed by atoms with Gasteiger partial charge in [0.25, 0.3) is 0 Å². The minimum atomic E-state index is -2.87. The molecular formula is C14H25N2O2P. The van der Waals surface area contributed by atoms with Gasteiger partial charge in [-0.25, -0.2) is 9.34 Å². The molecule has 0 amide bonds. The summed E-state index contributed by atoms with van der Waals surface area (Å²) in [6, 6.07) is 9.39. The Bertz CT molecular complexity index is 446. The molecule has 0 radical (unpaired) electrons. The number of nitrogens with zero attached hydrogens (tertiary/aromatic N) is 2. The average molecular weight is 284 g/mol. The van der Waals surface area contributed by atoms with Crippen LogP contribution in [-0.4, -0.2) is 47.8 Å². The Morgan fingerprint density at radius 2 is 1.47 bits per heavy atom.